The second-order valence-electron chi connectivity index (χ2n) is 9.07. The van der Waals surface area contributed by atoms with E-state index in [-0.39, 0.29) is 24.7 Å². The Morgan fingerprint density at radius 3 is 2.27 bits per heavy atom. The lowest BCUT2D eigenvalue weighted by Crippen LogP contribution is -2.38. The molecular formula is C29H33NO7. The second kappa shape index (κ2) is 11.1. The fourth-order valence-electron chi connectivity index (χ4n) is 5.36. The number of rotatable bonds is 8. The average Bonchev–Trinajstić information content (AvgIpc) is 2.91. The van der Waals surface area contributed by atoms with Crippen molar-refractivity contribution in [3.05, 3.63) is 58.8 Å². The van der Waals surface area contributed by atoms with Crippen LogP contribution in [0.3, 0.4) is 0 Å². The molecule has 8 heteroatoms. The second-order valence-corrected chi connectivity index (χ2v) is 9.07. The van der Waals surface area contributed by atoms with Gasteiger partial charge in [-0.1, -0.05) is 6.07 Å². The number of nitrogens with zero attached hydrogens (tertiary/aromatic N) is 1. The molecule has 3 atom stereocenters. The van der Waals surface area contributed by atoms with Gasteiger partial charge in [0, 0.05) is 34.9 Å². The van der Waals surface area contributed by atoms with Crippen molar-refractivity contribution in [3.8, 4) is 23.0 Å². The zero-order valence-electron chi connectivity index (χ0n) is 22.1. The van der Waals surface area contributed by atoms with Gasteiger partial charge in [0.05, 0.1) is 35.0 Å². The molecule has 0 fully saturated rings. The van der Waals surface area contributed by atoms with E-state index >= 15 is 0 Å². The van der Waals surface area contributed by atoms with Gasteiger partial charge in [-0.05, 0) is 62.1 Å². The number of ketones is 1. The molecule has 2 aromatic rings. The van der Waals surface area contributed by atoms with Crippen LogP contribution in [-0.2, 0) is 14.3 Å². The van der Waals surface area contributed by atoms with Crippen molar-refractivity contribution in [3.63, 3.8) is 0 Å². The maximum Gasteiger partial charge on any atom is 0.315 e. The number of allylic oxidation sites excluding steroid dienone is 2. The van der Waals surface area contributed by atoms with Gasteiger partial charge in [-0.3, -0.25) is 14.6 Å². The van der Waals surface area contributed by atoms with Crippen LogP contribution in [0.15, 0.2) is 52.7 Å². The molecular weight excluding hydrogens is 474 g/mol. The molecule has 4 rings (SSSR count). The van der Waals surface area contributed by atoms with E-state index in [1.165, 1.54) is 0 Å². The number of methoxy groups -OCH3 is 4. The van der Waals surface area contributed by atoms with Gasteiger partial charge in [-0.15, -0.1) is 0 Å². The molecule has 0 radical (unpaired) electrons. The lowest BCUT2D eigenvalue weighted by Gasteiger charge is -2.37. The third kappa shape index (κ3) is 4.92. The predicted octanol–water partition coefficient (Wildman–Crippen LogP) is 4.86. The van der Waals surface area contributed by atoms with Crippen LogP contribution in [0.2, 0.25) is 0 Å². The summed E-state index contributed by atoms with van der Waals surface area (Å²) < 4.78 is 27.4. The molecule has 2 aromatic carbocycles. The van der Waals surface area contributed by atoms with Gasteiger partial charge in [0.25, 0.3) is 0 Å². The highest BCUT2D eigenvalue weighted by molar-refractivity contribution is 6.09. The molecule has 0 spiro atoms. The molecule has 2 aliphatic rings. The Labute approximate surface area is 217 Å². The molecule has 1 aliphatic carbocycles. The van der Waals surface area contributed by atoms with E-state index in [0.29, 0.717) is 52.0 Å². The quantitative estimate of drug-likeness (QED) is 0.471. The fraction of sp³-hybridized carbons (Fsp3) is 0.414. The van der Waals surface area contributed by atoms with Crippen molar-refractivity contribution in [2.45, 2.75) is 38.5 Å². The number of carbonyl (C=O) groups excluding carboxylic acids is 2. The molecule has 8 nitrogen and oxygen atoms in total. The minimum Gasteiger partial charge on any atom is -0.497 e. The number of carbonyl (C=O) groups is 2. The lowest BCUT2D eigenvalue weighted by molar-refractivity contribution is -0.146. The normalized spacial score (nSPS) is 21.1. The fourth-order valence-corrected chi connectivity index (χ4v) is 5.36. The molecule has 0 saturated heterocycles. The number of esters is 1. The summed E-state index contributed by atoms with van der Waals surface area (Å²) in [5.41, 5.74) is 3.48. The lowest BCUT2D eigenvalue weighted by atomic mass is 9.69. The first-order valence-corrected chi connectivity index (χ1v) is 12.3. The summed E-state index contributed by atoms with van der Waals surface area (Å²) in [7, 11) is 6.32. The third-order valence-electron chi connectivity index (χ3n) is 7.08. The van der Waals surface area contributed by atoms with Crippen molar-refractivity contribution in [1.29, 1.82) is 0 Å². The first-order valence-electron chi connectivity index (χ1n) is 12.3. The maximum atomic E-state index is 13.9. The van der Waals surface area contributed by atoms with Gasteiger partial charge in [0.1, 0.15) is 17.4 Å². The predicted molar refractivity (Wildman–Crippen MR) is 139 cm³/mol. The number of hydrogen-bond donors (Lipinski definition) is 0. The highest BCUT2D eigenvalue weighted by atomic mass is 16.5. The van der Waals surface area contributed by atoms with E-state index in [2.05, 4.69) is 0 Å². The van der Waals surface area contributed by atoms with E-state index in [0.717, 1.165) is 5.56 Å². The topological polar surface area (TPSA) is 92.7 Å². The molecule has 196 valence electrons. The molecule has 0 amide bonds. The zero-order valence-corrected chi connectivity index (χ0v) is 22.1. The Hall–Kier alpha value is -3.81. The van der Waals surface area contributed by atoms with Gasteiger partial charge in [-0.2, -0.15) is 0 Å². The van der Waals surface area contributed by atoms with Crippen molar-refractivity contribution < 1.29 is 33.3 Å². The summed E-state index contributed by atoms with van der Waals surface area (Å²) in [6.45, 7) is 3.81. The molecule has 0 N–H and O–H groups in total. The molecule has 1 heterocycles. The summed E-state index contributed by atoms with van der Waals surface area (Å²) in [5.74, 6) is 0.496. The SMILES string of the molecule is CCOC(=O)C1C(C)=NC2=C(C(=O)C[C@@H](c3ccc(OC)c(OC)c3)C2)[C@@H]1c1cc(OC)ccc1OC. The highest BCUT2D eigenvalue weighted by Gasteiger charge is 2.46. The molecule has 1 aliphatic heterocycles. The Bertz CT molecular complexity index is 1260. The Morgan fingerprint density at radius 1 is 0.919 bits per heavy atom. The first kappa shape index (κ1) is 26.3. The standard InChI is InChI=1S/C29H33NO7/c1-7-37-29(32)26-16(2)30-21-12-18(17-8-10-24(35-5)25(14-17)36-6)13-22(31)28(21)27(26)20-15-19(33-3)9-11-23(20)34-4/h8-11,14-15,18,26-27H,7,12-13H2,1-6H3/t18-,26?,27+/m0/s1. The molecule has 0 bridgehead atoms. The minimum absolute atomic E-state index is 0.0542. The van der Waals surface area contributed by atoms with E-state index in [9.17, 15) is 9.59 Å². The van der Waals surface area contributed by atoms with Crippen LogP contribution in [0.25, 0.3) is 0 Å². The maximum absolute atomic E-state index is 13.9. The van der Waals surface area contributed by atoms with Gasteiger partial charge in [-0.25, -0.2) is 0 Å². The number of Topliss-reactive ketones (excluding diaryl/α,β-unsaturated/α-hetero) is 1. The Balaban J connectivity index is 1.84. The van der Waals surface area contributed by atoms with Crippen LogP contribution in [0.5, 0.6) is 23.0 Å². The molecule has 1 unspecified atom stereocenters. The van der Waals surface area contributed by atoms with E-state index in [4.69, 9.17) is 28.7 Å². The van der Waals surface area contributed by atoms with Crippen LogP contribution < -0.4 is 18.9 Å². The highest BCUT2D eigenvalue weighted by Crippen LogP contribution is 2.49. The van der Waals surface area contributed by atoms with Crippen LogP contribution in [-0.4, -0.2) is 52.5 Å². The van der Waals surface area contributed by atoms with Crippen molar-refractivity contribution >= 4 is 17.5 Å². The zero-order chi connectivity index (χ0) is 26.7. The van der Waals surface area contributed by atoms with Gasteiger partial charge in [0.15, 0.2) is 17.3 Å². The summed E-state index contributed by atoms with van der Waals surface area (Å²) in [5, 5.41) is 0. The number of ether oxygens (including phenoxy) is 5. The van der Waals surface area contributed by atoms with Crippen LogP contribution in [0, 0.1) is 5.92 Å². The van der Waals surface area contributed by atoms with E-state index < -0.39 is 17.8 Å². The van der Waals surface area contributed by atoms with E-state index in [1.54, 1.807) is 47.5 Å². The van der Waals surface area contributed by atoms with Crippen molar-refractivity contribution in [2.75, 3.05) is 35.0 Å². The molecule has 0 saturated carbocycles. The molecule has 37 heavy (non-hydrogen) atoms. The number of benzene rings is 2. The van der Waals surface area contributed by atoms with E-state index in [1.807, 2.05) is 31.2 Å². The first-order chi connectivity index (χ1) is 17.9. The summed E-state index contributed by atoms with van der Waals surface area (Å²) in [4.78, 5) is 31.9. The smallest absolute Gasteiger partial charge is 0.315 e. The van der Waals surface area contributed by atoms with Crippen molar-refractivity contribution in [2.24, 2.45) is 10.9 Å². The van der Waals surface area contributed by atoms with Crippen LogP contribution >= 0.6 is 0 Å². The van der Waals surface area contributed by atoms with Gasteiger partial charge >= 0.3 is 5.97 Å². The summed E-state index contributed by atoms with van der Waals surface area (Å²) >= 11 is 0. The number of hydrogen-bond acceptors (Lipinski definition) is 8. The Morgan fingerprint density at radius 2 is 1.62 bits per heavy atom. The summed E-state index contributed by atoms with van der Waals surface area (Å²) in [6.07, 6.45) is 0.827. The minimum atomic E-state index is -0.749. The number of aliphatic imine (C=N–C) groups is 1. The largest absolute Gasteiger partial charge is 0.497 e. The van der Waals surface area contributed by atoms with Crippen LogP contribution in [0.4, 0.5) is 0 Å². The monoisotopic (exact) mass is 507 g/mol. The Kier molecular flexibility index (Phi) is 7.86. The van der Waals surface area contributed by atoms with Gasteiger partial charge < -0.3 is 23.7 Å². The third-order valence-corrected chi connectivity index (χ3v) is 7.08. The molecule has 0 aromatic heterocycles. The van der Waals surface area contributed by atoms with Crippen LogP contribution in [0.1, 0.15) is 49.7 Å². The summed E-state index contributed by atoms with van der Waals surface area (Å²) in [6, 6.07) is 11.1. The van der Waals surface area contributed by atoms with Crippen molar-refractivity contribution in [1.82, 2.24) is 0 Å². The average molecular weight is 508 g/mol. The van der Waals surface area contributed by atoms with Gasteiger partial charge in [0.2, 0.25) is 0 Å².